The zero-order valence-corrected chi connectivity index (χ0v) is 7.87. The van der Waals surface area contributed by atoms with Gasteiger partial charge in [-0.1, -0.05) is 0 Å². The smallest absolute Gasteiger partial charge is 0.284 e. The highest BCUT2D eigenvalue weighted by molar-refractivity contribution is 5.47. The van der Waals surface area contributed by atoms with Gasteiger partial charge in [-0.25, -0.2) is 13.8 Å². The van der Waals surface area contributed by atoms with Crippen LogP contribution in [0.15, 0.2) is 6.20 Å². The largest absolute Gasteiger partial charge is 0.494 e. The van der Waals surface area contributed by atoms with Gasteiger partial charge in [0.05, 0.1) is 19.3 Å². The molecular formula is C9H8F2N2O2. The van der Waals surface area contributed by atoms with Crippen LogP contribution in [0, 0.1) is 11.3 Å². The molecule has 1 aromatic heterocycles. The van der Waals surface area contributed by atoms with Crippen molar-refractivity contribution in [1.29, 1.82) is 5.26 Å². The summed E-state index contributed by atoms with van der Waals surface area (Å²) in [5.41, 5.74) is -0.510. The van der Waals surface area contributed by atoms with Crippen LogP contribution in [-0.2, 0) is 6.61 Å². The SMILES string of the molecule is COc1c(C(F)F)ncc(C#N)c1CO. The summed E-state index contributed by atoms with van der Waals surface area (Å²) in [7, 11) is 1.18. The lowest BCUT2D eigenvalue weighted by molar-refractivity contribution is 0.140. The van der Waals surface area contributed by atoms with Gasteiger partial charge in [-0.3, -0.25) is 0 Å². The van der Waals surface area contributed by atoms with Crippen molar-refractivity contribution in [3.05, 3.63) is 23.0 Å². The molecule has 0 aliphatic heterocycles. The molecule has 0 amide bonds. The number of hydrogen-bond donors (Lipinski definition) is 1. The summed E-state index contributed by atoms with van der Waals surface area (Å²) < 4.78 is 29.6. The van der Waals surface area contributed by atoms with Crippen molar-refractivity contribution in [2.24, 2.45) is 0 Å². The van der Waals surface area contributed by atoms with Crippen LogP contribution in [0.3, 0.4) is 0 Å². The molecule has 1 N–H and O–H groups in total. The molecule has 0 aliphatic rings. The lowest BCUT2D eigenvalue weighted by Gasteiger charge is -2.11. The second-order valence-electron chi connectivity index (χ2n) is 2.64. The molecule has 0 spiro atoms. The van der Waals surface area contributed by atoms with Crippen molar-refractivity contribution < 1.29 is 18.6 Å². The molecule has 0 aromatic carbocycles. The predicted octanol–water partition coefficient (Wildman–Crippen LogP) is 1.39. The maximum absolute atomic E-state index is 12.5. The molecule has 15 heavy (non-hydrogen) atoms. The Balaban J connectivity index is 3.42. The second-order valence-corrected chi connectivity index (χ2v) is 2.64. The normalized spacial score (nSPS) is 10.1. The third-order valence-electron chi connectivity index (χ3n) is 1.85. The number of aliphatic hydroxyl groups is 1. The zero-order chi connectivity index (χ0) is 11.4. The van der Waals surface area contributed by atoms with Gasteiger partial charge < -0.3 is 9.84 Å². The number of hydrogen-bond acceptors (Lipinski definition) is 4. The number of rotatable bonds is 3. The molecule has 6 heteroatoms. The minimum Gasteiger partial charge on any atom is -0.494 e. The first-order valence-corrected chi connectivity index (χ1v) is 4.00. The summed E-state index contributed by atoms with van der Waals surface area (Å²) in [6.07, 6.45) is -1.81. The molecule has 0 aliphatic carbocycles. The first-order chi connectivity index (χ1) is 7.15. The van der Waals surface area contributed by atoms with E-state index < -0.39 is 18.7 Å². The summed E-state index contributed by atoms with van der Waals surface area (Å²) in [5, 5.41) is 17.6. The number of ether oxygens (including phenoxy) is 1. The Morgan fingerprint density at radius 2 is 2.33 bits per heavy atom. The highest BCUT2D eigenvalue weighted by Crippen LogP contribution is 2.31. The molecule has 0 saturated heterocycles. The molecule has 0 fully saturated rings. The molecule has 0 saturated carbocycles. The topological polar surface area (TPSA) is 66.1 Å². The number of aliphatic hydroxyl groups excluding tert-OH is 1. The molecule has 4 nitrogen and oxygen atoms in total. The summed E-state index contributed by atoms with van der Waals surface area (Å²) in [6.45, 7) is -0.547. The van der Waals surface area contributed by atoms with Gasteiger partial charge in [0.1, 0.15) is 11.8 Å². The van der Waals surface area contributed by atoms with E-state index >= 15 is 0 Å². The van der Waals surface area contributed by atoms with Gasteiger partial charge in [0.25, 0.3) is 6.43 Å². The predicted molar refractivity (Wildman–Crippen MR) is 46.4 cm³/mol. The van der Waals surface area contributed by atoms with Gasteiger partial charge in [0, 0.05) is 11.8 Å². The van der Waals surface area contributed by atoms with Crippen molar-refractivity contribution in [1.82, 2.24) is 4.98 Å². The van der Waals surface area contributed by atoms with Crippen molar-refractivity contribution in [2.45, 2.75) is 13.0 Å². The molecule has 0 unspecified atom stereocenters. The Labute approximate surface area is 84.7 Å². The lowest BCUT2D eigenvalue weighted by atomic mass is 10.1. The maximum atomic E-state index is 12.5. The van der Waals surface area contributed by atoms with E-state index in [0.717, 1.165) is 6.20 Å². The Morgan fingerprint density at radius 3 is 2.73 bits per heavy atom. The van der Waals surface area contributed by atoms with Gasteiger partial charge in [0.15, 0.2) is 5.75 Å². The Kier molecular flexibility index (Phi) is 3.52. The van der Waals surface area contributed by atoms with Gasteiger partial charge in [-0.2, -0.15) is 5.26 Å². The van der Waals surface area contributed by atoms with Crippen molar-refractivity contribution in [2.75, 3.05) is 7.11 Å². The first kappa shape index (κ1) is 11.3. The number of nitriles is 1. The van der Waals surface area contributed by atoms with Crippen LogP contribution in [0.2, 0.25) is 0 Å². The quantitative estimate of drug-likeness (QED) is 0.825. The molecule has 0 bridgehead atoms. The van der Waals surface area contributed by atoms with Gasteiger partial charge in [-0.05, 0) is 0 Å². The number of halogens is 2. The highest BCUT2D eigenvalue weighted by atomic mass is 19.3. The summed E-state index contributed by atoms with van der Waals surface area (Å²) in [4.78, 5) is 3.42. The van der Waals surface area contributed by atoms with E-state index in [1.807, 2.05) is 0 Å². The number of methoxy groups -OCH3 is 1. The van der Waals surface area contributed by atoms with E-state index in [-0.39, 0.29) is 16.9 Å². The molecule has 80 valence electrons. The fraction of sp³-hybridized carbons (Fsp3) is 0.333. The van der Waals surface area contributed by atoms with Gasteiger partial charge in [-0.15, -0.1) is 0 Å². The molecule has 1 rings (SSSR count). The lowest BCUT2D eigenvalue weighted by Crippen LogP contribution is -2.03. The standard InChI is InChI=1S/C9H8F2N2O2/c1-15-8-6(4-14)5(2-12)3-13-7(8)9(10)11/h3,9,14H,4H2,1H3. The average Bonchev–Trinajstić information content (AvgIpc) is 2.26. The van der Waals surface area contributed by atoms with Crippen molar-refractivity contribution in [3.8, 4) is 11.8 Å². The van der Waals surface area contributed by atoms with E-state index in [9.17, 15) is 8.78 Å². The minimum atomic E-state index is -2.81. The molecule has 1 heterocycles. The summed E-state index contributed by atoms with van der Waals surface area (Å²) in [6, 6.07) is 1.74. The molecule has 0 atom stereocenters. The number of nitrogens with zero attached hydrogens (tertiary/aromatic N) is 2. The fourth-order valence-electron chi connectivity index (χ4n) is 1.18. The van der Waals surface area contributed by atoms with E-state index in [4.69, 9.17) is 15.1 Å². The molecule has 0 radical (unpaired) electrons. The number of alkyl halides is 2. The van der Waals surface area contributed by atoms with E-state index in [1.54, 1.807) is 6.07 Å². The molecular weight excluding hydrogens is 206 g/mol. The van der Waals surface area contributed by atoms with Crippen LogP contribution in [0.4, 0.5) is 8.78 Å². The van der Waals surface area contributed by atoms with Crippen LogP contribution in [0.1, 0.15) is 23.2 Å². The molecule has 1 aromatic rings. The Hall–Kier alpha value is -1.74. The van der Waals surface area contributed by atoms with Crippen LogP contribution >= 0.6 is 0 Å². The van der Waals surface area contributed by atoms with Crippen LogP contribution < -0.4 is 4.74 Å². The number of pyridine rings is 1. The first-order valence-electron chi connectivity index (χ1n) is 4.00. The Morgan fingerprint density at radius 1 is 1.67 bits per heavy atom. The Bertz CT molecular complexity index is 402. The van der Waals surface area contributed by atoms with E-state index in [2.05, 4.69) is 4.98 Å². The monoisotopic (exact) mass is 214 g/mol. The van der Waals surface area contributed by atoms with E-state index in [0.29, 0.717) is 0 Å². The van der Waals surface area contributed by atoms with Crippen LogP contribution in [0.25, 0.3) is 0 Å². The van der Waals surface area contributed by atoms with Crippen LogP contribution in [-0.4, -0.2) is 17.2 Å². The zero-order valence-electron chi connectivity index (χ0n) is 7.87. The number of aromatic nitrogens is 1. The van der Waals surface area contributed by atoms with Gasteiger partial charge >= 0.3 is 0 Å². The van der Waals surface area contributed by atoms with Gasteiger partial charge in [0.2, 0.25) is 0 Å². The minimum absolute atomic E-state index is 0.0266. The second kappa shape index (κ2) is 4.66. The van der Waals surface area contributed by atoms with Crippen molar-refractivity contribution in [3.63, 3.8) is 0 Å². The third-order valence-corrected chi connectivity index (χ3v) is 1.85. The summed E-state index contributed by atoms with van der Waals surface area (Å²) >= 11 is 0. The van der Waals surface area contributed by atoms with E-state index in [1.165, 1.54) is 7.11 Å². The summed E-state index contributed by atoms with van der Waals surface area (Å²) in [5.74, 6) is -0.230. The van der Waals surface area contributed by atoms with Crippen molar-refractivity contribution >= 4 is 0 Å². The average molecular weight is 214 g/mol. The van der Waals surface area contributed by atoms with Crippen LogP contribution in [0.5, 0.6) is 5.75 Å². The highest BCUT2D eigenvalue weighted by Gasteiger charge is 2.21. The third kappa shape index (κ3) is 2.02. The maximum Gasteiger partial charge on any atom is 0.284 e. The fourth-order valence-corrected chi connectivity index (χ4v) is 1.18.